The minimum Gasteiger partial charge on any atom is -0.385 e. The van der Waals surface area contributed by atoms with Gasteiger partial charge in [-0.1, -0.05) is 6.92 Å². The van der Waals surface area contributed by atoms with Gasteiger partial charge < -0.3 is 15.4 Å². The molecule has 2 aliphatic rings. The van der Waals surface area contributed by atoms with Crippen LogP contribution in [-0.4, -0.2) is 38.3 Å². The van der Waals surface area contributed by atoms with Crippen LogP contribution in [0.15, 0.2) is 0 Å². The maximum absolute atomic E-state index is 12.3. The van der Waals surface area contributed by atoms with Crippen LogP contribution >= 0.6 is 12.4 Å². The number of halogens is 1. The highest BCUT2D eigenvalue weighted by atomic mass is 35.5. The van der Waals surface area contributed by atoms with Gasteiger partial charge in [-0.15, -0.1) is 12.4 Å². The number of nitrogens with one attached hydrogen (secondary N) is 2. The van der Waals surface area contributed by atoms with E-state index >= 15 is 0 Å². The van der Waals surface area contributed by atoms with E-state index in [9.17, 15) is 4.79 Å². The summed E-state index contributed by atoms with van der Waals surface area (Å²) in [5.74, 6) is 0.200. The standard InChI is InChI=1S/C14H26N2O2.ClH/c1-3-14(5-4-9-16-14)12(17)15-11-13(6-7-13)8-10-18-2;/h16H,3-11H2,1-2H3,(H,15,17);1H. The summed E-state index contributed by atoms with van der Waals surface area (Å²) in [5, 5.41) is 6.55. The minimum atomic E-state index is -0.294. The second-order valence-electron chi connectivity index (χ2n) is 5.89. The molecule has 1 saturated heterocycles. The van der Waals surface area contributed by atoms with E-state index in [0.29, 0.717) is 5.41 Å². The number of rotatable bonds is 7. The monoisotopic (exact) mass is 290 g/mol. The minimum absolute atomic E-state index is 0. The number of hydrogen-bond acceptors (Lipinski definition) is 3. The van der Waals surface area contributed by atoms with Crippen LogP contribution in [0.25, 0.3) is 0 Å². The molecule has 0 radical (unpaired) electrons. The molecule has 0 spiro atoms. The lowest BCUT2D eigenvalue weighted by atomic mass is 9.92. The molecule has 4 nitrogen and oxygen atoms in total. The summed E-state index contributed by atoms with van der Waals surface area (Å²) in [6, 6.07) is 0. The van der Waals surface area contributed by atoms with Crippen LogP contribution in [0.2, 0.25) is 0 Å². The zero-order valence-electron chi connectivity index (χ0n) is 12.1. The van der Waals surface area contributed by atoms with Crippen molar-refractivity contribution in [2.75, 3.05) is 26.8 Å². The average molecular weight is 291 g/mol. The molecule has 2 N–H and O–H groups in total. The molecule has 2 fully saturated rings. The fourth-order valence-corrected chi connectivity index (χ4v) is 2.91. The maximum Gasteiger partial charge on any atom is 0.240 e. The Morgan fingerprint density at radius 3 is 2.58 bits per heavy atom. The first kappa shape index (κ1) is 16.7. The molecule has 1 amide bonds. The number of ether oxygens (including phenoxy) is 1. The lowest BCUT2D eigenvalue weighted by molar-refractivity contribution is -0.127. The number of carbonyl (C=O) groups is 1. The van der Waals surface area contributed by atoms with E-state index in [2.05, 4.69) is 17.6 Å². The van der Waals surface area contributed by atoms with Gasteiger partial charge in [0.15, 0.2) is 0 Å². The summed E-state index contributed by atoms with van der Waals surface area (Å²) in [4.78, 5) is 12.3. The van der Waals surface area contributed by atoms with Gasteiger partial charge >= 0.3 is 0 Å². The van der Waals surface area contributed by atoms with Gasteiger partial charge in [0.05, 0.1) is 5.54 Å². The third kappa shape index (κ3) is 3.83. The smallest absolute Gasteiger partial charge is 0.240 e. The van der Waals surface area contributed by atoms with E-state index in [1.807, 2.05) is 0 Å². The van der Waals surface area contributed by atoms with Crippen molar-refractivity contribution in [3.05, 3.63) is 0 Å². The predicted molar refractivity (Wildman–Crippen MR) is 78.7 cm³/mol. The van der Waals surface area contributed by atoms with Crippen molar-refractivity contribution in [1.29, 1.82) is 0 Å². The summed E-state index contributed by atoms with van der Waals surface area (Å²) in [6.07, 6.45) is 6.48. The van der Waals surface area contributed by atoms with Crippen LogP contribution in [0.1, 0.15) is 45.4 Å². The third-order valence-corrected chi connectivity index (χ3v) is 4.70. The molecule has 1 saturated carbocycles. The molecule has 1 aliphatic carbocycles. The van der Waals surface area contributed by atoms with Crippen molar-refractivity contribution in [2.45, 2.75) is 51.0 Å². The van der Waals surface area contributed by atoms with Gasteiger partial charge in [0.2, 0.25) is 5.91 Å². The second kappa shape index (κ2) is 6.91. The Balaban J connectivity index is 0.00000180. The first-order valence-corrected chi connectivity index (χ1v) is 7.19. The second-order valence-corrected chi connectivity index (χ2v) is 5.89. The van der Waals surface area contributed by atoms with Crippen molar-refractivity contribution < 1.29 is 9.53 Å². The summed E-state index contributed by atoms with van der Waals surface area (Å²) in [7, 11) is 1.74. The number of methoxy groups -OCH3 is 1. The quantitative estimate of drug-likeness (QED) is 0.753. The maximum atomic E-state index is 12.3. The van der Waals surface area contributed by atoms with Crippen LogP contribution in [0, 0.1) is 5.41 Å². The van der Waals surface area contributed by atoms with Crippen LogP contribution in [0.3, 0.4) is 0 Å². The molecule has 1 aliphatic heterocycles. The van der Waals surface area contributed by atoms with Gasteiger partial charge in [0, 0.05) is 20.3 Å². The van der Waals surface area contributed by atoms with Crippen molar-refractivity contribution in [3.63, 3.8) is 0 Å². The van der Waals surface area contributed by atoms with Gasteiger partial charge in [-0.05, 0) is 50.5 Å². The molecule has 0 aromatic heterocycles. The van der Waals surface area contributed by atoms with Gasteiger partial charge in [-0.3, -0.25) is 4.79 Å². The molecule has 0 bridgehead atoms. The Morgan fingerprint density at radius 2 is 2.11 bits per heavy atom. The molecule has 5 heteroatoms. The molecule has 112 valence electrons. The Labute approximate surface area is 122 Å². The highest BCUT2D eigenvalue weighted by molar-refractivity contribution is 5.86. The van der Waals surface area contributed by atoms with E-state index in [4.69, 9.17) is 4.74 Å². The van der Waals surface area contributed by atoms with Gasteiger partial charge in [0.25, 0.3) is 0 Å². The third-order valence-electron chi connectivity index (χ3n) is 4.70. The Kier molecular flexibility index (Phi) is 6.09. The highest BCUT2D eigenvalue weighted by Crippen LogP contribution is 2.48. The molecular formula is C14H27ClN2O2. The lowest BCUT2D eigenvalue weighted by Gasteiger charge is -2.28. The lowest BCUT2D eigenvalue weighted by Crippen LogP contribution is -2.54. The Hall–Kier alpha value is -0.320. The van der Waals surface area contributed by atoms with Crippen LogP contribution < -0.4 is 10.6 Å². The van der Waals surface area contributed by atoms with Crippen molar-refractivity contribution >= 4 is 18.3 Å². The first-order chi connectivity index (χ1) is 8.66. The zero-order chi connectivity index (χ0) is 13.1. The fraction of sp³-hybridized carbons (Fsp3) is 0.929. The fourth-order valence-electron chi connectivity index (χ4n) is 2.91. The topological polar surface area (TPSA) is 50.4 Å². The van der Waals surface area contributed by atoms with Crippen LogP contribution in [0.5, 0.6) is 0 Å². The normalized spacial score (nSPS) is 27.7. The molecular weight excluding hydrogens is 264 g/mol. The molecule has 2 rings (SSSR count). The van der Waals surface area contributed by atoms with Gasteiger partial charge in [-0.2, -0.15) is 0 Å². The van der Waals surface area contributed by atoms with Crippen LogP contribution in [-0.2, 0) is 9.53 Å². The molecule has 0 aromatic carbocycles. The van der Waals surface area contributed by atoms with E-state index < -0.39 is 0 Å². The SMILES string of the molecule is CCC1(C(=O)NCC2(CCOC)CC2)CCCN1.Cl. The van der Waals surface area contributed by atoms with Crippen molar-refractivity contribution in [2.24, 2.45) is 5.41 Å². The molecule has 0 aromatic rings. The average Bonchev–Trinajstić information content (AvgIpc) is 2.99. The molecule has 19 heavy (non-hydrogen) atoms. The summed E-state index contributed by atoms with van der Waals surface area (Å²) in [5.41, 5.74) is 0.0382. The highest BCUT2D eigenvalue weighted by Gasteiger charge is 2.44. The molecule has 1 unspecified atom stereocenters. The summed E-state index contributed by atoms with van der Waals surface area (Å²) < 4.78 is 5.14. The van der Waals surface area contributed by atoms with E-state index in [1.165, 1.54) is 12.8 Å². The Morgan fingerprint density at radius 1 is 1.37 bits per heavy atom. The largest absolute Gasteiger partial charge is 0.385 e. The van der Waals surface area contributed by atoms with E-state index in [0.717, 1.165) is 45.4 Å². The van der Waals surface area contributed by atoms with Crippen LogP contribution in [0.4, 0.5) is 0 Å². The van der Waals surface area contributed by atoms with Crippen molar-refractivity contribution in [3.8, 4) is 0 Å². The van der Waals surface area contributed by atoms with E-state index in [1.54, 1.807) is 7.11 Å². The molecule has 1 atom stereocenters. The number of amides is 1. The number of carbonyl (C=O) groups excluding carboxylic acids is 1. The molecule has 1 heterocycles. The zero-order valence-corrected chi connectivity index (χ0v) is 12.9. The van der Waals surface area contributed by atoms with Crippen molar-refractivity contribution in [1.82, 2.24) is 10.6 Å². The Bertz CT molecular complexity index is 300. The predicted octanol–water partition coefficient (Wildman–Crippen LogP) is 1.87. The summed E-state index contributed by atoms with van der Waals surface area (Å²) in [6.45, 7) is 4.68. The number of hydrogen-bond donors (Lipinski definition) is 2. The van der Waals surface area contributed by atoms with Gasteiger partial charge in [-0.25, -0.2) is 0 Å². The first-order valence-electron chi connectivity index (χ1n) is 7.19. The summed E-state index contributed by atoms with van der Waals surface area (Å²) >= 11 is 0. The van der Waals surface area contributed by atoms with E-state index in [-0.39, 0.29) is 23.9 Å². The van der Waals surface area contributed by atoms with Gasteiger partial charge in [0.1, 0.15) is 0 Å².